The quantitative estimate of drug-likeness (QED) is 0.394. The van der Waals surface area contributed by atoms with Crippen molar-refractivity contribution in [3.05, 3.63) is 12.7 Å². The molecule has 0 bridgehead atoms. The number of carbonyl (C=O) groups excluding carboxylic acids is 1. The van der Waals surface area contributed by atoms with Crippen molar-refractivity contribution in [2.75, 3.05) is 6.54 Å². The van der Waals surface area contributed by atoms with E-state index in [1.54, 1.807) is 0 Å². The Morgan fingerprint density at radius 2 is 2.17 bits per heavy atom. The molecule has 0 atom stereocenters. The van der Waals surface area contributed by atoms with Crippen molar-refractivity contribution >= 4 is 12.0 Å². The number of carboxylic acids is 1. The molecule has 1 N–H and O–H groups in total. The molecule has 0 aromatic rings. The van der Waals surface area contributed by atoms with Crippen molar-refractivity contribution < 1.29 is 14.7 Å². The van der Waals surface area contributed by atoms with Crippen molar-refractivity contribution in [3.63, 3.8) is 0 Å². The van der Waals surface area contributed by atoms with Crippen molar-refractivity contribution in [2.24, 2.45) is 10.9 Å². The van der Waals surface area contributed by atoms with Crippen LogP contribution in [0.3, 0.4) is 0 Å². The fraction of sp³-hybridized carbons (Fsp3) is 0.500. The number of aliphatic carboxylic acids is 1. The lowest BCUT2D eigenvalue weighted by Gasteiger charge is -1.90. The van der Waals surface area contributed by atoms with Crippen molar-refractivity contribution in [3.8, 4) is 0 Å². The Hall–Kier alpha value is -1.41. The predicted octanol–water partition coefficient (Wildman–Crippen LogP) is 1.24. The number of hydrogen-bond donors (Lipinski definition) is 1. The highest BCUT2D eigenvalue weighted by molar-refractivity contribution is 5.78. The third-order valence-corrected chi connectivity index (χ3v) is 0.696. The molecule has 0 fully saturated rings. The second kappa shape index (κ2) is 9.59. The summed E-state index contributed by atoms with van der Waals surface area (Å²) in [5, 5.41) is 7.60. The van der Waals surface area contributed by atoms with Crippen LogP contribution >= 0.6 is 0 Å². The molecule has 0 aliphatic rings. The summed E-state index contributed by atoms with van der Waals surface area (Å²) >= 11 is 0. The Labute approximate surface area is 71.6 Å². The van der Waals surface area contributed by atoms with Gasteiger partial charge in [0.25, 0.3) is 0 Å². The van der Waals surface area contributed by atoms with E-state index in [-0.39, 0.29) is 0 Å². The molecule has 4 nitrogen and oxygen atoms in total. The Kier molecular flexibility index (Phi) is 10.5. The molecule has 68 valence electrons. The molecule has 0 spiro atoms. The Bertz CT molecular complexity index is 181. The summed E-state index contributed by atoms with van der Waals surface area (Å²) in [5.74, 6) is -0.508. The van der Waals surface area contributed by atoms with Crippen LogP contribution in [0, 0.1) is 5.92 Å². The molecule has 0 saturated heterocycles. The molecule has 4 heteroatoms. The molecule has 0 unspecified atom stereocenters. The smallest absolute Gasteiger partial charge is 0.327 e. The maximum atomic E-state index is 9.42. The van der Waals surface area contributed by atoms with Crippen LogP contribution in [0.25, 0.3) is 0 Å². The average Bonchev–Trinajstić information content (AvgIpc) is 2.02. The van der Waals surface area contributed by atoms with Crippen LogP contribution in [0.4, 0.5) is 0 Å². The third kappa shape index (κ3) is 23.5. The molecule has 0 radical (unpaired) electrons. The summed E-state index contributed by atoms with van der Waals surface area (Å²) in [6.45, 7) is 7.56. The number of rotatable bonds is 3. The van der Waals surface area contributed by atoms with Crippen LogP contribution in [0.15, 0.2) is 17.6 Å². The summed E-state index contributed by atoms with van der Waals surface area (Å²) in [6.07, 6.45) is 2.31. The first-order valence-corrected chi connectivity index (χ1v) is 3.43. The standard InChI is InChI=1S/C5H9NO.C3H4O2/c1-5(2)3-6-4-7;1-2-3(4)5/h5H,3H2,1-2H3;2H,1H2,(H,4,5). The maximum Gasteiger partial charge on any atom is 0.327 e. The van der Waals surface area contributed by atoms with Crippen LogP contribution in [-0.2, 0) is 9.59 Å². The zero-order chi connectivity index (χ0) is 9.98. The number of carboxylic acid groups (broad SMARTS) is 1. The zero-order valence-corrected chi connectivity index (χ0v) is 7.28. The normalized spacial score (nSPS) is 7.58. The van der Waals surface area contributed by atoms with Gasteiger partial charge < -0.3 is 5.11 Å². The second-order valence-electron chi connectivity index (χ2n) is 2.37. The van der Waals surface area contributed by atoms with Gasteiger partial charge in [0, 0.05) is 6.08 Å². The van der Waals surface area contributed by atoms with Crippen molar-refractivity contribution in [1.82, 2.24) is 0 Å². The molecule has 12 heavy (non-hydrogen) atoms. The van der Waals surface area contributed by atoms with E-state index in [0.29, 0.717) is 12.5 Å². The van der Waals surface area contributed by atoms with E-state index < -0.39 is 5.97 Å². The lowest BCUT2D eigenvalue weighted by Crippen LogP contribution is -1.89. The lowest BCUT2D eigenvalue weighted by atomic mass is 10.2. The van der Waals surface area contributed by atoms with Gasteiger partial charge in [0.2, 0.25) is 6.08 Å². The van der Waals surface area contributed by atoms with Crippen LogP contribution in [0.2, 0.25) is 0 Å². The maximum absolute atomic E-state index is 9.42. The third-order valence-electron chi connectivity index (χ3n) is 0.696. The summed E-state index contributed by atoms with van der Waals surface area (Å²) in [5.41, 5.74) is 0. The van der Waals surface area contributed by atoms with E-state index in [1.807, 2.05) is 13.8 Å². The molecular formula is C8H13NO3. The Morgan fingerprint density at radius 3 is 2.25 bits per heavy atom. The predicted molar refractivity (Wildman–Crippen MR) is 45.7 cm³/mol. The fourth-order valence-electron chi connectivity index (χ4n) is 0.220. The van der Waals surface area contributed by atoms with Crippen molar-refractivity contribution in [2.45, 2.75) is 13.8 Å². The fourth-order valence-corrected chi connectivity index (χ4v) is 0.220. The van der Waals surface area contributed by atoms with Crippen LogP contribution in [0.5, 0.6) is 0 Å². The molecule has 0 saturated carbocycles. The van der Waals surface area contributed by atoms with Crippen LogP contribution < -0.4 is 0 Å². The van der Waals surface area contributed by atoms with Gasteiger partial charge in [-0.05, 0) is 5.92 Å². The van der Waals surface area contributed by atoms with Gasteiger partial charge in [0.05, 0.1) is 6.54 Å². The largest absolute Gasteiger partial charge is 0.478 e. The monoisotopic (exact) mass is 171 g/mol. The topological polar surface area (TPSA) is 66.7 Å². The summed E-state index contributed by atoms with van der Waals surface area (Å²) in [4.78, 5) is 22.0. The van der Waals surface area contributed by atoms with E-state index in [4.69, 9.17) is 5.11 Å². The molecule has 0 aromatic carbocycles. The second-order valence-corrected chi connectivity index (χ2v) is 2.37. The SMILES string of the molecule is C=CC(=O)O.CC(C)CN=C=O. The average molecular weight is 171 g/mol. The zero-order valence-electron chi connectivity index (χ0n) is 7.28. The van der Waals surface area contributed by atoms with Gasteiger partial charge in [-0.15, -0.1) is 0 Å². The number of isocyanates is 1. The van der Waals surface area contributed by atoms with Crippen molar-refractivity contribution in [1.29, 1.82) is 0 Å². The number of hydrogen-bond acceptors (Lipinski definition) is 3. The van der Waals surface area contributed by atoms with Gasteiger partial charge in [-0.25, -0.2) is 14.6 Å². The van der Waals surface area contributed by atoms with Gasteiger partial charge in [0.15, 0.2) is 0 Å². The number of carbonyl (C=O) groups is 1. The van der Waals surface area contributed by atoms with Gasteiger partial charge in [-0.3, -0.25) is 0 Å². The first-order chi connectivity index (χ1) is 5.54. The van der Waals surface area contributed by atoms with E-state index in [9.17, 15) is 9.59 Å². The number of aliphatic imine (C=N–C) groups is 1. The van der Waals surface area contributed by atoms with Crippen LogP contribution in [-0.4, -0.2) is 23.7 Å². The molecule has 0 amide bonds. The van der Waals surface area contributed by atoms with Gasteiger partial charge in [0.1, 0.15) is 0 Å². The minimum Gasteiger partial charge on any atom is -0.478 e. The highest BCUT2D eigenvalue weighted by atomic mass is 16.4. The van der Waals surface area contributed by atoms with Gasteiger partial charge in [-0.2, -0.15) is 0 Å². The van der Waals surface area contributed by atoms with E-state index in [1.165, 1.54) is 6.08 Å². The minimum absolute atomic E-state index is 0.474. The van der Waals surface area contributed by atoms with Gasteiger partial charge in [-0.1, -0.05) is 20.4 Å². The minimum atomic E-state index is -0.981. The summed E-state index contributed by atoms with van der Waals surface area (Å²) < 4.78 is 0. The number of nitrogens with zero attached hydrogens (tertiary/aromatic N) is 1. The molecule has 0 aromatic heterocycles. The highest BCUT2D eigenvalue weighted by Crippen LogP contribution is 1.88. The van der Waals surface area contributed by atoms with E-state index >= 15 is 0 Å². The molecule has 0 heterocycles. The Morgan fingerprint density at radius 1 is 1.75 bits per heavy atom. The molecule has 0 aliphatic heterocycles. The summed E-state index contributed by atoms with van der Waals surface area (Å²) in [6, 6.07) is 0. The molecule has 0 aliphatic carbocycles. The van der Waals surface area contributed by atoms with Gasteiger partial charge >= 0.3 is 5.97 Å². The molecular weight excluding hydrogens is 158 g/mol. The Balaban J connectivity index is 0. The van der Waals surface area contributed by atoms with E-state index in [2.05, 4.69) is 11.6 Å². The lowest BCUT2D eigenvalue weighted by molar-refractivity contribution is -0.131. The molecule has 0 rings (SSSR count). The highest BCUT2D eigenvalue weighted by Gasteiger charge is 1.85. The first kappa shape index (κ1) is 13.2. The first-order valence-electron chi connectivity index (χ1n) is 3.43. The summed E-state index contributed by atoms with van der Waals surface area (Å²) in [7, 11) is 0. The van der Waals surface area contributed by atoms with E-state index in [0.717, 1.165) is 6.08 Å². The van der Waals surface area contributed by atoms with Crippen LogP contribution in [0.1, 0.15) is 13.8 Å².